The second-order valence-corrected chi connectivity index (χ2v) is 12.5. The van der Waals surface area contributed by atoms with E-state index in [0.717, 1.165) is 63.6 Å². The Morgan fingerprint density at radius 3 is 2.50 bits per heavy atom. The minimum Gasteiger partial charge on any atom is -0.346 e. The van der Waals surface area contributed by atoms with Crippen LogP contribution in [0, 0.1) is 17.8 Å². The van der Waals surface area contributed by atoms with Crippen LogP contribution in [-0.2, 0) is 14.4 Å². The van der Waals surface area contributed by atoms with Crippen LogP contribution in [-0.4, -0.2) is 79.1 Å². The lowest BCUT2D eigenvalue weighted by Crippen LogP contribution is -2.48. The predicted molar refractivity (Wildman–Crippen MR) is 156 cm³/mol. The van der Waals surface area contributed by atoms with Gasteiger partial charge in [0, 0.05) is 50.5 Å². The second-order valence-electron chi connectivity index (χ2n) is 12.5. The summed E-state index contributed by atoms with van der Waals surface area (Å²) in [5, 5.41) is 6.40. The Morgan fingerprint density at radius 2 is 1.77 bits per heavy atom. The number of carbonyl (C=O) groups is 4. The van der Waals surface area contributed by atoms with E-state index in [2.05, 4.69) is 10.6 Å². The first-order valence-corrected chi connectivity index (χ1v) is 15.4. The molecule has 3 aliphatic rings. The minimum absolute atomic E-state index is 0.0837. The summed E-state index contributed by atoms with van der Waals surface area (Å²) in [6, 6.07) is 7.29. The molecule has 2 saturated heterocycles. The van der Waals surface area contributed by atoms with Crippen molar-refractivity contribution in [1.29, 1.82) is 0 Å². The Kier molecular flexibility index (Phi) is 10.8. The Morgan fingerprint density at radius 1 is 1.00 bits per heavy atom. The van der Waals surface area contributed by atoms with Crippen LogP contribution in [0.2, 0.25) is 0 Å². The first-order valence-electron chi connectivity index (χ1n) is 15.4. The zero-order chi connectivity index (χ0) is 28.6. The number of nitrogens with one attached hydrogen (secondary N) is 2. The van der Waals surface area contributed by atoms with Gasteiger partial charge in [0.2, 0.25) is 11.8 Å². The number of hydrogen-bond acceptors (Lipinski definition) is 5. The smallest absolute Gasteiger partial charge is 0.251 e. The van der Waals surface area contributed by atoms with Crippen LogP contribution in [0.5, 0.6) is 0 Å². The van der Waals surface area contributed by atoms with Crippen molar-refractivity contribution in [3.05, 3.63) is 35.4 Å². The molecule has 1 aliphatic carbocycles. The van der Waals surface area contributed by atoms with E-state index in [1.807, 2.05) is 50.1 Å². The van der Waals surface area contributed by atoms with Crippen LogP contribution >= 0.6 is 0 Å². The summed E-state index contributed by atoms with van der Waals surface area (Å²) in [6.45, 7) is 6.93. The summed E-state index contributed by atoms with van der Waals surface area (Å²) >= 11 is 0. The van der Waals surface area contributed by atoms with Crippen molar-refractivity contribution in [2.45, 2.75) is 83.6 Å². The third kappa shape index (κ3) is 7.93. The Hall–Kier alpha value is -2.74. The monoisotopic (exact) mass is 552 g/mol. The molecule has 3 amide bonds. The van der Waals surface area contributed by atoms with Crippen molar-refractivity contribution in [1.82, 2.24) is 20.4 Å². The predicted octanol–water partition coefficient (Wildman–Crippen LogP) is 3.75. The quantitative estimate of drug-likeness (QED) is 0.461. The molecule has 4 rings (SSSR count). The molecule has 0 bridgehead atoms. The summed E-state index contributed by atoms with van der Waals surface area (Å²) in [5.41, 5.74) is 1.64. The molecule has 8 heteroatoms. The van der Waals surface area contributed by atoms with Gasteiger partial charge in [0.1, 0.15) is 0 Å². The standard InChI is InChI=1S/C32H48N4O4/c1-22(2)31(39)30(24-9-5-4-6-10-24)34-32(40)26-12-7-11-25(18-26)27-13-8-15-36(21-27)29(38)20-33-19-23-14-16-35(3)28(37)17-23/h7,11-12,18,22-24,27,30,33H,4-6,8-10,13-17,19-21H2,1-3H3,(H,34,40)/t23?,27?,30-/m1/s1. The maximum atomic E-state index is 13.4. The van der Waals surface area contributed by atoms with Gasteiger partial charge in [0.25, 0.3) is 5.91 Å². The van der Waals surface area contributed by atoms with Gasteiger partial charge < -0.3 is 20.4 Å². The zero-order valence-electron chi connectivity index (χ0n) is 24.6. The highest BCUT2D eigenvalue weighted by atomic mass is 16.2. The van der Waals surface area contributed by atoms with Crippen molar-refractivity contribution in [3.8, 4) is 0 Å². The minimum atomic E-state index is -0.431. The van der Waals surface area contributed by atoms with E-state index in [1.54, 1.807) is 4.90 Å². The van der Waals surface area contributed by atoms with E-state index in [1.165, 1.54) is 6.42 Å². The maximum Gasteiger partial charge on any atom is 0.251 e. The summed E-state index contributed by atoms with van der Waals surface area (Å²) in [4.78, 5) is 55.0. The molecule has 220 valence electrons. The molecule has 8 nitrogen and oxygen atoms in total. The first-order chi connectivity index (χ1) is 19.2. The highest BCUT2D eigenvalue weighted by Crippen LogP contribution is 2.30. The highest BCUT2D eigenvalue weighted by Gasteiger charge is 2.33. The van der Waals surface area contributed by atoms with Crippen molar-refractivity contribution in [2.75, 3.05) is 39.8 Å². The van der Waals surface area contributed by atoms with Gasteiger partial charge in [-0.3, -0.25) is 19.2 Å². The average molecular weight is 553 g/mol. The number of likely N-dealkylation sites (tertiary alicyclic amines) is 2. The number of benzene rings is 1. The lowest BCUT2D eigenvalue weighted by molar-refractivity contribution is -0.133. The van der Waals surface area contributed by atoms with Gasteiger partial charge in [-0.05, 0) is 68.2 Å². The zero-order valence-corrected chi connectivity index (χ0v) is 24.6. The van der Waals surface area contributed by atoms with Crippen LogP contribution in [0.4, 0.5) is 0 Å². The van der Waals surface area contributed by atoms with Crippen LogP contribution in [0.3, 0.4) is 0 Å². The van der Waals surface area contributed by atoms with Gasteiger partial charge in [-0.1, -0.05) is 45.2 Å². The maximum absolute atomic E-state index is 13.4. The van der Waals surface area contributed by atoms with E-state index in [9.17, 15) is 19.2 Å². The van der Waals surface area contributed by atoms with Crippen molar-refractivity contribution < 1.29 is 19.2 Å². The average Bonchev–Trinajstić information content (AvgIpc) is 2.97. The summed E-state index contributed by atoms with van der Waals surface area (Å²) in [7, 11) is 1.84. The van der Waals surface area contributed by atoms with Gasteiger partial charge in [-0.15, -0.1) is 0 Å². The molecule has 3 atom stereocenters. The molecular formula is C32H48N4O4. The summed E-state index contributed by atoms with van der Waals surface area (Å²) < 4.78 is 0. The van der Waals surface area contributed by atoms with E-state index < -0.39 is 6.04 Å². The summed E-state index contributed by atoms with van der Waals surface area (Å²) in [5.74, 6) is 0.737. The second kappa shape index (κ2) is 14.2. The third-order valence-corrected chi connectivity index (χ3v) is 9.15. The first kappa shape index (κ1) is 30.2. The van der Waals surface area contributed by atoms with Crippen molar-refractivity contribution in [2.24, 2.45) is 17.8 Å². The molecule has 0 aromatic heterocycles. The topological polar surface area (TPSA) is 98.8 Å². The molecule has 2 heterocycles. The normalized spacial score (nSPS) is 23.2. The third-order valence-electron chi connectivity index (χ3n) is 9.15. The number of ketones is 1. The number of piperidine rings is 2. The van der Waals surface area contributed by atoms with E-state index in [0.29, 0.717) is 25.1 Å². The molecule has 2 aliphatic heterocycles. The molecule has 2 unspecified atom stereocenters. The molecule has 2 N–H and O–H groups in total. The largest absolute Gasteiger partial charge is 0.346 e. The van der Waals surface area contributed by atoms with Crippen LogP contribution in [0.25, 0.3) is 0 Å². The number of hydrogen-bond donors (Lipinski definition) is 2. The van der Waals surface area contributed by atoms with Gasteiger partial charge >= 0.3 is 0 Å². The highest BCUT2D eigenvalue weighted by molar-refractivity contribution is 5.98. The molecule has 40 heavy (non-hydrogen) atoms. The Bertz CT molecular complexity index is 1050. The van der Waals surface area contributed by atoms with Crippen molar-refractivity contribution >= 4 is 23.5 Å². The van der Waals surface area contributed by atoms with Crippen LogP contribution < -0.4 is 10.6 Å². The van der Waals surface area contributed by atoms with E-state index in [4.69, 9.17) is 0 Å². The molecular weight excluding hydrogens is 504 g/mol. The molecule has 0 radical (unpaired) electrons. The number of nitrogens with zero attached hydrogens (tertiary/aromatic N) is 2. The SMILES string of the molecule is CC(C)C(=O)[C@H](NC(=O)c1cccc(C2CCCN(C(=O)CNCC3CCN(C)C(=O)C3)C2)c1)C1CCCCC1. The molecule has 3 fully saturated rings. The van der Waals surface area contributed by atoms with Gasteiger partial charge in [0.15, 0.2) is 5.78 Å². The Labute approximate surface area is 239 Å². The number of rotatable bonds is 10. The van der Waals surface area contributed by atoms with Gasteiger partial charge in [-0.2, -0.15) is 0 Å². The van der Waals surface area contributed by atoms with Gasteiger partial charge in [-0.25, -0.2) is 0 Å². The fourth-order valence-corrected chi connectivity index (χ4v) is 6.56. The van der Waals surface area contributed by atoms with E-state index in [-0.39, 0.29) is 53.7 Å². The lowest BCUT2D eigenvalue weighted by Gasteiger charge is -2.34. The van der Waals surface area contributed by atoms with Gasteiger partial charge in [0.05, 0.1) is 12.6 Å². The van der Waals surface area contributed by atoms with Crippen molar-refractivity contribution in [3.63, 3.8) is 0 Å². The number of Topliss-reactive ketones (excluding diaryl/α,β-unsaturated/α-hetero) is 1. The van der Waals surface area contributed by atoms with E-state index >= 15 is 0 Å². The molecule has 1 aromatic carbocycles. The number of carbonyl (C=O) groups excluding carboxylic acids is 4. The Balaban J connectivity index is 1.33. The van der Waals surface area contributed by atoms with Crippen LogP contribution in [0.1, 0.15) is 93.5 Å². The fourth-order valence-electron chi connectivity index (χ4n) is 6.56. The molecule has 1 saturated carbocycles. The van der Waals surface area contributed by atoms with Crippen LogP contribution in [0.15, 0.2) is 24.3 Å². The lowest BCUT2D eigenvalue weighted by atomic mass is 9.80. The summed E-state index contributed by atoms with van der Waals surface area (Å²) in [6.07, 6.45) is 8.79. The number of amides is 3. The fraction of sp³-hybridized carbons (Fsp3) is 0.688. The molecule has 1 aromatic rings. The molecule has 0 spiro atoms.